The van der Waals surface area contributed by atoms with Gasteiger partial charge in [-0.2, -0.15) is 0 Å². The van der Waals surface area contributed by atoms with Crippen LogP contribution in [-0.2, 0) is 6.54 Å². The van der Waals surface area contributed by atoms with Gasteiger partial charge in [-0.15, -0.1) is 0 Å². The highest BCUT2D eigenvalue weighted by Gasteiger charge is 2.15. The molecule has 0 aliphatic rings. The van der Waals surface area contributed by atoms with Crippen LogP contribution in [0.5, 0.6) is 0 Å². The van der Waals surface area contributed by atoms with Gasteiger partial charge in [-0.05, 0) is 44.9 Å². The zero-order chi connectivity index (χ0) is 14.4. The van der Waals surface area contributed by atoms with E-state index in [1.807, 2.05) is 0 Å². The minimum atomic E-state index is 0.533. The molecule has 0 amide bonds. The summed E-state index contributed by atoms with van der Waals surface area (Å²) < 4.78 is 0. The molecule has 1 rings (SSSR count). The van der Waals surface area contributed by atoms with Crippen LogP contribution in [0.3, 0.4) is 0 Å². The lowest BCUT2D eigenvalue weighted by Crippen LogP contribution is -2.35. The first-order chi connectivity index (χ1) is 8.95. The number of anilines is 1. The lowest BCUT2D eigenvalue weighted by molar-refractivity contribution is 0.568. The Hall–Kier alpha value is -1.02. The summed E-state index contributed by atoms with van der Waals surface area (Å²) in [5.74, 6) is 0.677. The SMILES string of the molecule is CCNCc1cc(C)ccc1N(CC(C)C)C(C)C. The zero-order valence-electron chi connectivity index (χ0n) is 13.5. The maximum absolute atomic E-state index is 3.45. The lowest BCUT2D eigenvalue weighted by atomic mass is 10.1. The van der Waals surface area contributed by atoms with Crippen LogP contribution in [0.1, 0.15) is 45.7 Å². The van der Waals surface area contributed by atoms with Crippen molar-refractivity contribution in [1.29, 1.82) is 0 Å². The van der Waals surface area contributed by atoms with E-state index in [2.05, 4.69) is 70.0 Å². The molecular weight excluding hydrogens is 232 g/mol. The summed E-state index contributed by atoms with van der Waals surface area (Å²) in [6, 6.07) is 7.35. The third kappa shape index (κ3) is 4.87. The number of nitrogens with one attached hydrogen (secondary N) is 1. The molecule has 1 N–H and O–H groups in total. The second kappa shape index (κ2) is 7.54. The number of hydrogen-bond donors (Lipinski definition) is 1. The molecule has 0 saturated carbocycles. The van der Waals surface area contributed by atoms with Crippen LogP contribution in [0.4, 0.5) is 5.69 Å². The Labute approximate surface area is 119 Å². The first-order valence-corrected chi connectivity index (χ1v) is 7.52. The van der Waals surface area contributed by atoms with Crippen LogP contribution in [0.15, 0.2) is 18.2 Å². The molecule has 2 heteroatoms. The standard InChI is InChI=1S/C17H30N2/c1-7-18-11-16-10-15(6)8-9-17(16)19(14(4)5)12-13(2)3/h8-10,13-14,18H,7,11-12H2,1-6H3. The van der Waals surface area contributed by atoms with Gasteiger partial charge in [0.1, 0.15) is 0 Å². The minimum absolute atomic E-state index is 0.533. The first kappa shape index (κ1) is 16.0. The fourth-order valence-electron chi connectivity index (χ4n) is 2.38. The Bertz CT molecular complexity index is 383. The highest BCUT2D eigenvalue weighted by molar-refractivity contribution is 5.55. The minimum Gasteiger partial charge on any atom is -0.369 e. The molecule has 0 saturated heterocycles. The van der Waals surface area contributed by atoms with E-state index in [1.165, 1.54) is 16.8 Å². The van der Waals surface area contributed by atoms with Crippen molar-refractivity contribution in [3.8, 4) is 0 Å². The molecule has 108 valence electrons. The Morgan fingerprint density at radius 1 is 1.16 bits per heavy atom. The number of nitrogens with zero attached hydrogens (tertiary/aromatic N) is 1. The van der Waals surface area contributed by atoms with Crippen molar-refractivity contribution in [2.45, 2.75) is 54.1 Å². The highest BCUT2D eigenvalue weighted by Crippen LogP contribution is 2.25. The summed E-state index contributed by atoms with van der Waals surface area (Å²) in [6.45, 7) is 16.5. The fourth-order valence-corrected chi connectivity index (χ4v) is 2.38. The summed E-state index contributed by atoms with van der Waals surface area (Å²) in [4.78, 5) is 2.52. The Kier molecular flexibility index (Phi) is 6.36. The summed E-state index contributed by atoms with van der Waals surface area (Å²) in [5.41, 5.74) is 4.14. The van der Waals surface area contributed by atoms with Crippen molar-refractivity contribution in [2.75, 3.05) is 18.0 Å². The van der Waals surface area contributed by atoms with Gasteiger partial charge in [0.2, 0.25) is 0 Å². The third-order valence-electron chi connectivity index (χ3n) is 3.30. The molecule has 0 radical (unpaired) electrons. The second-order valence-corrected chi connectivity index (χ2v) is 6.05. The molecule has 0 bridgehead atoms. The van der Waals surface area contributed by atoms with Gasteiger partial charge in [0, 0.05) is 24.8 Å². The molecule has 0 aliphatic carbocycles. The van der Waals surface area contributed by atoms with E-state index in [-0.39, 0.29) is 0 Å². The third-order valence-corrected chi connectivity index (χ3v) is 3.30. The zero-order valence-corrected chi connectivity index (χ0v) is 13.5. The second-order valence-electron chi connectivity index (χ2n) is 6.05. The molecule has 0 heterocycles. The molecular formula is C17H30N2. The van der Waals surface area contributed by atoms with Crippen molar-refractivity contribution in [1.82, 2.24) is 5.32 Å². The van der Waals surface area contributed by atoms with Crippen LogP contribution in [0, 0.1) is 12.8 Å². The Balaban J connectivity index is 3.06. The van der Waals surface area contributed by atoms with Crippen molar-refractivity contribution >= 4 is 5.69 Å². The topological polar surface area (TPSA) is 15.3 Å². The molecule has 0 unspecified atom stereocenters. The molecule has 1 aromatic carbocycles. The van der Waals surface area contributed by atoms with Gasteiger partial charge in [0.05, 0.1) is 0 Å². The van der Waals surface area contributed by atoms with Gasteiger partial charge < -0.3 is 10.2 Å². The van der Waals surface area contributed by atoms with Gasteiger partial charge >= 0.3 is 0 Å². The predicted octanol–water partition coefficient (Wildman–Crippen LogP) is 3.98. The van der Waals surface area contributed by atoms with Gasteiger partial charge in [0.15, 0.2) is 0 Å². The summed E-state index contributed by atoms with van der Waals surface area (Å²) >= 11 is 0. The van der Waals surface area contributed by atoms with Crippen molar-refractivity contribution in [2.24, 2.45) is 5.92 Å². The normalized spacial score (nSPS) is 11.4. The number of hydrogen-bond acceptors (Lipinski definition) is 2. The highest BCUT2D eigenvalue weighted by atomic mass is 15.2. The van der Waals surface area contributed by atoms with Crippen molar-refractivity contribution < 1.29 is 0 Å². The predicted molar refractivity (Wildman–Crippen MR) is 85.9 cm³/mol. The van der Waals surface area contributed by atoms with Crippen LogP contribution in [0.25, 0.3) is 0 Å². The van der Waals surface area contributed by atoms with Gasteiger partial charge in [0.25, 0.3) is 0 Å². The molecule has 0 fully saturated rings. The van der Waals surface area contributed by atoms with Gasteiger partial charge in [-0.3, -0.25) is 0 Å². The first-order valence-electron chi connectivity index (χ1n) is 7.52. The molecule has 0 aromatic heterocycles. The molecule has 0 aliphatic heterocycles. The maximum atomic E-state index is 3.45. The molecule has 0 spiro atoms. The number of aryl methyl sites for hydroxylation is 1. The lowest BCUT2D eigenvalue weighted by Gasteiger charge is -2.33. The van der Waals surface area contributed by atoms with Crippen molar-refractivity contribution in [3.05, 3.63) is 29.3 Å². The average molecular weight is 262 g/mol. The quantitative estimate of drug-likeness (QED) is 0.799. The monoisotopic (exact) mass is 262 g/mol. The summed E-state index contributed by atoms with van der Waals surface area (Å²) in [5, 5.41) is 3.45. The number of benzene rings is 1. The van der Waals surface area contributed by atoms with E-state index in [1.54, 1.807) is 0 Å². The van der Waals surface area contributed by atoms with Crippen LogP contribution in [-0.4, -0.2) is 19.1 Å². The van der Waals surface area contributed by atoms with E-state index >= 15 is 0 Å². The molecule has 19 heavy (non-hydrogen) atoms. The average Bonchev–Trinajstić information content (AvgIpc) is 2.33. The summed E-state index contributed by atoms with van der Waals surface area (Å²) in [7, 11) is 0. The van der Waals surface area contributed by atoms with Crippen LogP contribution < -0.4 is 10.2 Å². The number of rotatable bonds is 7. The maximum Gasteiger partial charge on any atom is 0.0414 e. The summed E-state index contributed by atoms with van der Waals surface area (Å²) in [6.07, 6.45) is 0. The van der Waals surface area contributed by atoms with Crippen LogP contribution >= 0.6 is 0 Å². The van der Waals surface area contributed by atoms with Crippen molar-refractivity contribution in [3.63, 3.8) is 0 Å². The van der Waals surface area contributed by atoms with Crippen LogP contribution in [0.2, 0.25) is 0 Å². The Morgan fingerprint density at radius 2 is 1.84 bits per heavy atom. The molecule has 1 aromatic rings. The Morgan fingerprint density at radius 3 is 2.37 bits per heavy atom. The van der Waals surface area contributed by atoms with E-state index in [4.69, 9.17) is 0 Å². The largest absolute Gasteiger partial charge is 0.369 e. The smallest absolute Gasteiger partial charge is 0.0414 e. The fraction of sp³-hybridized carbons (Fsp3) is 0.647. The molecule has 2 nitrogen and oxygen atoms in total. The van der Waals surface area contributed by atoms with E-state index in [0.717, 1.165) is 19.6 Å². The van der Waals surface area contributed by atoms with E-state index in [0.29, 0.717) is 12.0 Å². The van der Waals surface area contributed by atoms with Gasteiger partial charge in [-0.1, -0.05) is 38.5 Å². The van der Waals surface area contributed by atoms with E-state index < -0.39 is 0 Å². The molecule has 0 atom stereocenters. The van der Waals surface area contributed by atoms with E-state index in [9.17, 15) is 0 Å². The van der Waals surface area contributed by atoms with Gasteiger partial charge in [-0.25, -0.2) is 0 Å².